The summed E-state index contributed by atoms with van der Waals surface area (Å²) in [5.74, 6) is 2.94. The number of anilines is 1. The molecule has 2 aromatic rings. The number of rotatable bonds is 8. The number of amidine groups is 1. The maximum absolute atomic E-state index is 12.1. The second-order valence-corrected chi connectivity index (χ2v) is 9.18. The third-order valence-electron chi connectivity index (χ3n) is 5.99. The molecule has 1 amide bonds. The highest BCUT2D eigenvalue weighted by Gasteiger charge is 2.36. The van der Waals surface area contributed by atoms with Crippen LogP contribution in [0.4, 0.5) is 11.5 Å². The lowest BCUT2D eigenvalue weighted by Gasteiger charge is -2.32. The summed E-state index contributed by atoms with van der Waals surface area (Å²) in [6.07, 6.45) is 1.64. The highest BCUT2D eigenvalue weighted by molar-refractivity contribution is 7.09. The first kappa shape index (κ1) is 22.8. The fraction of sp³-hybridized carbons (Fsp3) is 0.478. The van der Waals surface area contributed by atoms with E-state index >= 15 is 0 Å². The molecule has 0 aliphatic carbocycles. The van der Waals surface area contributed by atoms with Gasteiger partial charge in [0.25, 0.3) is 0 Å². The van der Waals surface area contributed by atoms with Crippen molar-refractivity contribution in [1.29, 1.82) is 0 Å². The number of morpholine rings is 1. The highest BCUT2D eigenvalue weighted by atomic mass is 32.1. The monoisotopic (exact) mass is 484 g/mol. The van der Waals surface area contributed by atoms with Crippen molar-refractivity contribution in [2.24, 2.45) is 9.98 Å². The number of aryl methyl sites for hydroxylation is 1. The Morgan fingerprint density at radius 3 is 2.85 bits per heavy atom. The normalized spacial score (nSPS) is 17.5. The van der Waals surface area contributed by atoms with Crippen LogP contribution in [0, 0.1) is 6.92 Å². The molecule has 0 unspecified atom stereocenters. The molecule has 0 radical (unpaired) electrons. The average molecular weight is 485 g/mol. The van der Waals surface area contributed by atoms with Crippen LogP contribution in [0.2, 0.25) is 0 Å². The molecule has 1 aromatic heterocycles. The lowest BCUT2D eigenvalue weighted by atomic mass is 10.1. The number of ether oxygens (including phenoxy) is 3. The van der Waals surface area contributed by atoms with E-state index < -0.39 is 0 Å². The molecule has 3 aliphatic heterocycles. The molecule has 0 saturated carbocycles. The van der Waals surface area contributed by atoms with Crippen molar-refractivity contribution in [2.75, 3.05) is 64.6 Å². The summed E-state index contributed by atoms with van der Waals surface area (Å²) in [6, 6.07) is 3.87. The minimum atomic E-state index is 0.465. The van der Waals surface area contributed by atoms with Crippen molar-refractivity contribution < 1.29 is 19.0 Å². The maximum atomic E-state index is 12.1. The first-order valence-corrected chi connectivity index (χ1v) is 12.3. The van der Waals surface area contributed by atoms with Gasteiger partial charge in [-0.25, -0.2) is 14.9 Å². The summed E-state index contributed by atoms with van der Waals surface area (Å²) in [5, 5.41) is 2.72. The second-order valence-electron chi connectivity index (χ2n) is 8.12. The van der Waals surface area contributed by atoms with Gasteiger partial charge in [0.05, 0.1) is 38.5 Å². The Balaban J connectivity index is 1.41. The minimum Gasteiger partial charge on any atom is -0.491 e. The summed E-state index contributed by atoms with van der Waals surface area (Å²) < 4.78 is 17.3. The van der Waals surface area contributed by atoms with Crippen molar-refractivity contribution in [3.05, 3.63) is 28.1 Å². The number of carbonyl (C=O) groups is 1. The Morgan fingerprint density at radius 1 is 1.26 bits per heavy atom. The number of aromatic nitrogens is 1. The van der Waals surface area contributed by atoms with Crippen molar-refractivity contribution in [3.8, 4) is 11.5 Å². The number of hydrogen-bond donors (Lipinski definition) is 0. The number of thiazole rings is 1. The van der Waals surface area contributed by atoms with Crippen LogP contribution in [0.1, 0.15) is 17.0 Å². The number of methoxy groups -OCH3 is 1. The van der Waals surface area contributed by atoms with E-state index in [0.29, 0.717) is 48.7 Å². The van der Waals surface area contributed by atoms with Crippen LogP contribution in [0.5, 0.6) is 11.5 Å². The smallest absolute Gasteiger partial charge is 0.222 e. The molecule has 1 saturated heterocycles. The molecular weight excluding hydrogens is 456 g/mol. The standard InChI is InChI=1S/C23H28N6O4S/c1-16-25-19(14-34-16)29(15-30)23-26-20-17(22-24-6-8-28(22)23)4-5-18(21(20)31-2)33-11-3-7-27-9-12-32-13-10-27/h4-5,14-15H,3,6-13H2,1-2H3. The van der Waals surface area contributed by atoms with E-state index in [0.717, 1.165) is 62.1 Å². The Labute approximate surface area is 202 Å². The van der Waals surface area contributed by atoms with Gasteiger partial charge < -0.3 is 14.2 Å². The predicted molar refractivity (Wildman–Crippen MR) is 131 cm³/mol. The van der Waals surface area contributed by atoms with E-state index in [-0.39, 0.29) is 0 Å². The van der Waals surface area contributed by atoms with Crippen LogP contribution < -0.4 is 14.4 Å². The first-order chi connectivity index (χ1) is 16.7. The highest BCUT2D eigenvalue weighted by Crippen LogP contribution is 2.44. The lowest BCUT2D eigenvalue weighted by molar-refractivity contribution is -0.106. The molecule has 10 nitrogen and oxygen atoms in total. The van der Waals surface area contributed by atoms with E-state index in [1.807, 2.05) is 29.3 Å². The van der Waals surface area contributed by atoms with Gasteiger partial charge in [0.15, 0.2) is 17.3 Å². The summed E-state index contributed by atoms with van der Waals surface area (Å²) >= 11 is 1.48. The van der Waals surface area contributed by atoms with Gasteiger partial charge >= 0.3 is 0 Å². The fourth-order valence-corrected chi connectivity index (χ4v) is 4.92. The summed E-state index contributed by atoms with van der Waals surface area (Å²) in [6.45, 7) is 8.21. The molecule has 11 heteroatoms. The van der Waals surface area contributed by atoms with Gasteiger partial charge in [0.2, 0.25) is 12.4 Å². The van der Waals surface area contributed by atoms with Crippen molar-refractivity contribution in [3.63, 3.8) is 0 Å². The number of nitrogens with zero attached hydrogens (tertiary/aromatic N) is 6. The molecule has 0 N–H and O–H groups in total. The van der Waals surface area contributed by atoms with Gasteiger partial charge in [0, 0.05) is 37.1 Å². The second kappa shape index (κ2) is 10.1. The zero-order valence-electron chi connectivity index (χ0n) is 19.4. The molecule has 1 fully saturated rings. The number of aliphatic imine (C=N–C) groups is 2. The number of guanidine groups is 1. The van der Waals surface area contributed by atoms with Gasteiger partial charge in [-0.3, -0.25) is 19.6 Å². The number of benzene rings is 1. The molecule has 34 heavy (non-hydrogen) atoms. The summed E-state index contributed by atoms with van der Waals surface area (Å²) in [4.78, 5) is 31.9. The van der Waals surface area contributed by atoms with Gasteiger partial charge in [-0.2, -0.15) is 0 Å². The Morgan fingerprint density at radius 2 is 2.12 bits per heavy atom. The molecule has 0 spiro atoms. The van der Waals surface area contributed by atoms with E-state index in [2.05, 4.69) is 14.9 Å². The number of amides is 1. The van der Waals surface area contributed by atoms with Crippen LogP contribution in [0.25, 0.3) is 0 Å². The number of carbonyl (C=O) groups excluding carboxylic acids is 1. The van der Waals surface area contributed by atoms with E-state index in [9.17, 15) is 4.79 Å². The maximum Gasteiger partial charge on any atom is 0.222 e. The average Bonchev–Trinajstić information content (AvgIpc) is 3.52. The van der Waals surface area contributed by atoms with Crippen molar-refractivity contribution in [2.45, 2.75) is 13.3 Å². The molecule has 180 valence electrons. The Hall–Kier alpha value is -3.02. The number of fused-ring (bicyclic) bond motifs is 3. The van der Waals surface area contributed by atoms with Crippen LogP contribution in [0.3, 0.4) is 0 Å². The van der Waals surface area contributed by atoms with Crippen LogP contribution in [0.15, 0.2) is 27.5 Å². The van der Waals surface area contributed by atoms with E-state index in [1.165, 1.54) is 16.2 Å². The van der Waals surface area contributed by atoms with Gasteiger partial charge in [-0.05, 0) is 25.5 Å². The van der Waals surface area contributed by atoms with Crippen LogP contribution in [-0.4, -0.2) is 92.6 Å². The largest absolute Gasteiger partial charge is 0.491 e. The van der Waals surface area contributed by atoms with Crippen LogP contribution >= 0.6 is 11.3 Å². The predicted octanol–water partition coefficient (Wildman–Crippen LogP) is 2.29. The molecule has 0 bridgehead atoms. The topological polar surface area (TPSA) is 92.1 Å². The third kappa shape index (κ3) is 4.38. The quantitative estimate of drug-likeness (QED) is 0.419. The van der Waals surface area contributed by atoms with E-state index in [1.54, 1.807) is 7.11 Å². The zero-order chi connectivity index (χ0) is 23.5. The van der Waals surface area contributed by atoms with E-state index in [4.69, 9.17) is 19.2 Å². The van der Waals surface area contributed by atoms with Gasteiger partial charge in [-0.15, -0.1) is 11.3 Å². The molecule has 3 aliphatic rings. The molecule has 4 heterocycles. The fourth-order valence-electron chi connectivity index (χ4n) is 4.33. The molecule has 0 atom stereocenters. The molecular formula is C23H28N6O4S. The molecule has 5 rings (SSSR count). The minimum absolute atomic E-state index is 0.465. The first-order valence-electron chi connectivity index (χ1n) is 11.4. The van der Waals surface area contributed by atoms with Gasteiger partial charge in [0.1, 0.15) is 11.5 Å². The SMILES string of the molecule is COc1c(OCCCN2CCOCC2)ccc2c1N=C(N(C=O)c1csc(C)n1)N1CCN=C21. The van der Waals surface area contributed by atoms with Gasteiger partial charge in [-0.1, -0.05) is 0 Å². The summed E-state index contributed by atoms with van der Waals surface area (Å²) in [7, 11) is 1.61. The zero-order valence-corrected chi connectivity index (χ0v) is 20.2. The lowest BCUT2D eigenvalue weighted by Crippen LogP contribution is -2.47. The van der Waals surface area contributed by atoms with Crippen molar-refractivity contribution >= 4 is 41.0 Å². The third-order valence-corrected chi connectivity index (χ3v) is 6.75. The Kier molecular flexibility index (Phi) is 6.75. The van der Waals surface area contributed by atoms with Crippen LogP contribution in [-0.2, 0) is 9.53 Å². The summed E-state index contributed by atoms with van der Waals surface area (Å²) in [5.41, 5.74) is 1.47. The number of hydrogen-bond acceptors (Lipinski definition) is 10. The molecule has 1 aromatic carbocycles. The Bertz CT molecular complexity index is 1110. The van der Waals surface area contributed by atoms with Crippen molar-refractivity contribution in [1.82, 2.24) is 14.8 Å².